The summed E-state index contributed by atoms with van der Waals surface area (Å²) in [4.78, 5) is 9.02. The van der Waals surface area contributed by atoms with Gasteiger partial charge in [0.15, 0.2) is 0 Å². The number of nitrogens with zero attached hydrogens (tertiary/aromatic N) is 5. The fourth-order valence-electron chi connectivity index (χ4n) is 2.60. The van der Waals surface area contributed by atoms with Crippen LogP contribution in [-0.2, 0) is 5.75 Å². The highest BCUT2D eigenvalue weighted by Gasteiger charge is 2.11. The van der Waals surface area contributed by atoms with Crippen molar-refractivity contribution >= 4 is 17.5 Å². The third kappa shape index (κ3) is 3.28. The zero-order valence-electron chi connectivity index (χ0n) is 14.2. The average Bonchev–Trinajstić information content (AvgIpc) is 3.20. The number of hydrogen-bond acceptors (Lipinski definition) is 6. The van der Waals surface area contributed by atoms with Gasteiger partial charge in [0.2, 0.25) is 11.7 Å². The molecule has 0 unspecified atom stereocenters. The molecule has 0 radical (unpaired) electrons. The highest BCUT2D eigenvalue weighted by molar-refractivity contribution is 7.98. The van der Waals surface area contributed by atoms with Gasteiger partial charge in [-0.3, -0.25) is 4.40 Å². The lowest BCUT2D eigenvalue weighted by atomic mass is 10.1. The SMILES string of the molecule is Cc1ccc(-c2nnc(SCc3cn4c(C)cc(C)nc4n3)o2)cc1. The number of fused-ring (bicyclic) bond motifs is 1. The molecule has 0 fully saturated rings. The van der Waals surface area contributed by atoms with Gasteiger partial charge >= 0.3 is 0 Å². The Morgan fingerprint density at radius 2 is 1.84 bits per heavy atom. The molecule has 0 aliphatic carbocycles. The first-order chi connectivity index (χ1) is 12.1. The summed E-state index contributed by atoms with van der Waals surface area (Å²) >= 11 is 1.47. The van der Waals surface area contributed by atoms with Crippen molar-refractivity contribution in [3.63, 3.8) is 0 Å². The van der Waals surface area contributed by atoms with Crippen LogP contribution < -0.4 is 0 Å². The summed E-state index contributed by atoms with van der Waals surface area (Å²) in [5.41, 5.74) is 5.14. The molecule has 6 nitrogen and oxygen atoms in total. The third-order valence-corrected chi connectivity index (χ3v) is 4.71. The molecule has 0 N–H and O–H groups in total. The number of hydrogen-bond donors (Lipinski definition) is 0. The quantitative estimate of drug-likeness (QED) is 0.518. The maximum atomic E-state index is 5.74. The third-order valence-electron chi connectivity index (χ3n) is 3.86. The van der Waals surface area contributed by atoms with Crippen LogP contribution in [0, 0.1) is 20.8 Å². The van der Waals surface area contributed by atoms with E-state index in [1.54, 1.807) is 0 Å². The largest absolute Gasteiger partial charge is 0.411 e. The van der Waals surface area contributed by atoms with Gasteiger partial charge in [-0.05, 0) is 39.0 Å². The minimum Gasteiger partial charge on any atom is -0.411 e. The molecule has 0 amide bonds. The maximum absolute atomic E-state index is 5.74. The normalized spacial score (nSPS) is 11.3. The molecule has 25 heavy (non-hydrogen) atoms. The Morgan fingerprint density at radius 1 is 1.04 bits per heavy atom. The molecule has 3 aromatic heterocycles. The second-order valence-corrected chi connectivity index (χ2v) is 6.90. The number of benzene rings is 1. The van der Waals surface area contributed by atoms with Gasteiger partial charge in [0, 0.05) is 28.9 Å². The van der Waals surface area contributed by atoms with Crippen LogP contribution in [0.1, 0.15) is 22.6 Å². The van der Waals surface area contributed by atoms with Gasteiger partial charge in [-0.1, -0.05) is 29.5 Å². The summed E-state index contributed by atoms with van der Waals surface area (Å²) in [6, 6.07) is 10.1. The Balaban J connectivity index is 1.50. The van der Waals surface area contributed by atoms with E-state index >= 15 is 0 Å². The summed E-state index contributed by atoms with van der Waals surface area (Å²) in [5.74, 6) is 1.90. The van der Waals surface area contributed by atoms with Crippen molar-refractivity contribution in [2.75, 3.05) is 0 Å². The highest BCUT2D eigenvalue weighted by Crippen LogP contribution is 2.25. The highest BCUT2D eigenvalue weighted by atomic mass is 32.2. The molecule has 1 aromatic carbocycles. The first kappa shape index (κ1) is 15.8. The molecule has 0 spiro atoms. The van der Waals surface area contributed by atoms with E-state index in [9.17, 15) is 0 Å². The summed E-state index contributed by atoms with van der Waals surface area (Å²) in [5, 5.41) is 8.77. The summed E-state index contributed by atoms with van der Waals surface area (Å²) in [6.07, 6.45) is 2.00. The van der Waals surface area contributed by atoms with Crippen LogP contribution in [0.4, 0.5) is 0 Å². The van der Waals surface area contributed by atoms with Crippen molar-refractivity contribution in [2.24, 2.45) is 0 Å². The van der Waals surface area contributed by atoms with Crippen molar-refractivity contribution in [2.45, 2.75) is 31.7 Å². The zero-order valence-corrected chi connectivity index (χ0v) is 15.0. The molecular weight excluding hydrogens is 334 g/mol. The van der Waals surface area contributed by atoms with Crippen LogP contribution in [0.2, 0.25) is 0 Å². The Morgan fingerprint density at radius 3 is 2.64 bits per heavy atom. The van der Waals surface area contributed by atoms with Crippen molar-refractivity contribution in [1.82, 2.24) is 24.6 Å². The van der Waals surface area contributed by atoms with E-state index in [0.29, 0.717) is 16.9 Å². The minimum atomic E-state index is 0.533. The predicted molar refractivity (Wildman–Crippen MR) is 96.5 cm³/mol. The lowest BCUT2D eigenvalue weighted by Crippen LogP contribution is -1.94. The van der Waals surface area contributed by atoms with Gasteiger partial charge in [-0.15, -0.1) is 10.2 Å². The summed E-state index contributed by atoms with van der Waals surface area (Å²) in [6.45, 7) is 6.07. The minimum absolute atomic E-state index is 0.533. The Bertz CT molecular complexity index is 1040. The standard InChI is InChI=1S/C18H17N5OS/c1-11-4-6-14(7-5-11)16-21-22-18(24-16)25-10-15-9-23-13(3)8-12(2)19-17(23)20-15/h4-9H,10H2,1-3H3. The molecule has 126 valence electrons. The number of thioether (sulfide) groups is 1. The van der Waals surface area contributed by atoms with Crippen LogP contribution in [0.15, 0.2) is 46.2 Å². The van der Waals surface area contributed by atoms with E-state index < -0.39 is 0 Å². The number of aryl methyl sites for hydroxylation is 3. The second kappa shape index (κ2) is 6.33. The van der Waals surface area contributed by atoms with E-state index in [0.717, 1.165) is 28.4 Å². The lowest BCUT2D eigenvalue weighted by Gasteiger charge is -1.98. The zero-order chi connectivity index (χ0) is 17.4. The molecule has 7 heteroatoms. The van der Waals surface area contributed by atoms with Crippen LogP contribution >= 0.6 is 11.8 Å². The van der Waals surface area contributed by atoms with Crippen molar-refractivity contribution < 1.29 is 4.42 Å². The fourth-order valence-corrected chi connectivity index (χ4v) is 3.25. The van der Waals surface area contributed by atoms with Gasteiger partial charge < -0.3 is 4.42 Å². The van der Waals surface area contributed by atoms with Crippen LogP contribution in [0.5, 0.6) is 0 Å². The van der Waals surface area contributed by atoms with Gasteiger partial charge in [-0.25, -0.2) is 9.97 Å². The maximum Gasteiger partial charge on any atom is 0.277 e. The molecule has 0 saturated carbocycles. The Hall–Kier alpha value is -2.67. The molecular formula is C18H17N5OS. The van der Waals surface area contributed by atoms with Crippen molar-refractivity contribution in [3.8, 4) is 11.5 Å². The second-order valence-electron chi connectivity index (χ2n) is 5.97. The fraction of sp³-hybridized carbons (Fsp3) is 0.222. The molecule has 4 aromatic rings. The molecule has 0 aliphatic heterocycles. The number of imidazole rings is 1. The van der Waals surface area contributed by atoms with Crippen LogP contribution in [-0.4, -0.2) is 24.6 Å². The first-order valence-electron chi connectivity index (χ1n) is 7.94. The van der Waals surface area contributed by atoms with Gasteiger partial charge in [0.05, 0.1) is 5.69 Å². The van der Waals surface area contributed by atoms with Crippen molar-refractivity contribution in [1.29, 1.82) is 0 Å². The van der Waals surface area contributed by atoms with Crippen LogP contribution in [0.3, 0.4) is 0 Å². The Labute approximate surface area is 149 Å². The molecule has 0 atom stereocenters. The van der Waals surface area contributed by atoms with Gasteiger partial charge in [-0.2, -0.15) is 0 Å². The molecule has 0 bridgehead atoms. The van der Waals surface area contributed by atoms with E-state index in [1.165, 1.54) is 17.3 Å². The molecule has 0 saturated heterocycles. The number of aromatic nitrogens is 5. The number of rotatable bonds is 4. The van der Waals surface area contributed by atoms with E-state index in [-0.39, 0.29) is 0 Å². The smallest absolute Gasteiger partial charge is 0.277 e. The van der Waals surface area contributed by atoms with Gasteiger partial charge in [0.1, 0.15) is 0 Å². The van der Waals surface area contributed by atoms with E-state index in [4.69, 9.17) is 4.42 Å². The van der Waals surface area contributed by atoms with Crippen molar-refractivity contribution in [3.05, 3.63) is 59.2 Å². The van der Waals surface area contributed by atoms with Gasteiger partial charge in [0.25, 0.3) is 5.22 Å². The monoisotopic (exact) mass is 351 g/mol. The first-order valence-corrected chi connectivity index (χ1v) is 8.92. The average molecular weight is 351 g/mol. The van der Waals surface area contributed by atoms with Crippen LogP contribution in [0.25, 0.3) is 17.2 Å². The molecule has 4 rings (SSSR count). The molecule has 3 heterocycles. The predicted octanol–water partition coefficient (Wildman–Crippen LogP) is 4.00. The molecule has 0 aliphatic rings. The summed E-state index contributed by atoms with van der Waals surface area (Å²) in [7, 11) is 0. The summed E-state index contributed by atoms with van der Waals surface area (Å²) < 4.78 is 7.73. The Kier molecular flexibility index (Phi) is 4.01. The lowest BCUT2D eigenvalue weighted by molar-refractivity contribution is 0.466. The topological polar surface area (TPSA) is 69.1 Å². The van der Waals surface area contributed by atoms with E-state index in [1.807, 2.05) is 61.7 Å². The van der Waals surface area contributed by atoms with E-state index in [2.05, 4.69) is 20.2 Å².